The minimum atomic E-state index is -1.13. The molecule has 29 heavy (non-hydrogen) atoms. The summed E-state index contributed by atoms with van der Waals surface area (Å²) in [7, 11) is 1.53. The van der Waals surface area contributed by atoms with E-state index < -0.39 is 11.8 Å². The molecule has 4 rings (SSSR count). The molecule has 4 aromatic rings. The van der Waals surface area contributed by atoms with E-state index in [-0.39, 0.29) is 10.7 Å². The summed E-state index contributed by atoms with van der Waals surface area (Å²) in [6.07, 6.45) is 1.80. The van der Waals surface area contributed by atoms with E-state index in [2.05, 4.69) is 9.97 Å². The zero-order valence-corrected chi connectivity index (χ0v) is 16.0. The molecule has 6 nitrogen and oxygen atoms in total. The second-order valence-electron chi connectivity index (χ2n) is 6.34. The van der Waals surface area contributed by atoms with E-state index in [0.717, 1.165) is 0 Å². The van der Waals surface area contributed by atoms with Crippen LogP contribution in [0.2, 0.25) is 5.02 Å². The molecule has 0 aliphatic carbocycles. The Morgan fingerprint density at radius 3 is 2.76 bits per heavy atom. The molecular weight excluding hydrogens is 397 g/mol. The molecule has 0 bridgehead atoms. The molecule has 0 atom stereocenters. The monoisotopic (exact) mass is 411 g/mol. The number of pyridine rings is 2. The SMILES string of the molecule is COc1cccc(Cn2cc(-c3ccc(Cl)c(F)c3)c3ccc(C(=O)O)nc32)n1. The number of methoxy groups -OCH3 is 1. The van der Waals surface area contributed by atoms with Crippen molar-refractivity contribution in [3.8, 4) is 17.0 Å². The number of aromatic nitrogens is 3. The maximum absolute atomic E-state index is 14.0. The topological polar surface area (TPSA) is 77.2 Å². The third-order valence-electron chi connectivity index (χ3n) is 4.49. The molecule has 1 aromatic carbocycles. The molecule has 146 valence electrons. The summed E-state index contributed by atoms with van der Waals surface area (Å²) < 4.78 is 21.0. The molecule has 0 amide bonds. The number of aromatic carboxylic acids is 1. The fourth-order valence-electron chi connectivity index (χ4n) is 3.13. The average molecular weight is 412 g/mol. The van der Waals surface area contributed by atoms with Crippen molar-refractivity contribution in [3.63, 3.8) is 0 Å². The summed E-state index contributed by atoms with van der Waals surface area (Å²) in [5.41, 5.74) is 2.41. The molecule has 8 heteroatoms. The van der Waals surface area contributed by atoms with E-state index in [1.807, 2.05) is 12.1 Å². The Bertz CT molecular complexity index is 1240. The molecule has 0 saturated heterocycles. The van der Waals surface area contributed by atoms with Crippen molar-refractivity contribution in [2.24, 2.45) is 0 Å². The van der Waals surface area contributed by atoms with Gasteiger partial charge in [-0.2, -0.15) is 0 Å². The van der Waals surface area contributed by atoms with E-state index in [0.29, 0.717) is 40.3 Å². The van der Waals surface area contributed by atoms with Crippen LogP contribution in [0.1, 0.15) is 16.2 Å². The van der Waals surface area contributed by atoms with Crippen molar-refractivity contribution >= 4 is 28.6 Å². The Hall–Kier alpha value is -3.45. The van der Waals surface area contributed by atoms with Crippen LogP contribution in [0.4, 0.5) is 4.39 Å². The summed E-state index contributed by atoms with van der Waals surface area (Å²) in [4.78, 5) is 20.1. The highest BCUT2D eigenvalue weighted by molar-refractivity contribution is 6.30. The van der Waals surface area contributed by atoms with Gasteiger partial charge in [-0.25, -0.2) is 19.2 Å². The number of nitrogens with zero attached hydrogens (tertiary/aromatic N) is 3. The van der Waals surface area contributed by atoms with Crippen LogP contribution in [0, 0.1) is 5.82 Å². The lowest BCUT2D eigenvalue weighted by atomic mass is 10.1. The van der Waals surface area contributed by atoms with Crippen molar-refractivity contribution in [2.45, 2.75) is 6.54 Å². The molecule has 0 aliphatic rings. The summed E-state index contributed by atoms with van der Waals surface area (Å²) in [5.74, 6) is -1.19. The standard InChI is InChI=1S/C21H15ClFN3O3/c1-29-19-4-2-3-13(24-19)10-26-11-15(12-5-7-16(22)17(23)9-12)14-6-8-18(21(27)28)25-20(14)26/h2-9,11H,10H2,1H3,(H,27,28). The average Bonchev–Trinajstić information content (AvgIpc) is 3.08. The second-order valence-corrected chi connectivity index (χ2v) is 6.75. The van der Waals surface area contributed by atoms with Crippen LogP contribution in [-0.2, 0) is 6.54 Å². The lowest BCUT2D eigenvalue weighted by Gasteiger charge is -2.06. The van der Waals surface area contributed by atoms with Crippen LogP contribution in [0.15, 0.2) is 54.7 Å². The molecule has 3 aromatic heterocycles. The fourth-order valence-corrected chi connectivity index (χ4v) is 3.25. The van der Waals surface area contributed by atoms with Crippen LogP contribution < -0.4 is 4.74 Å². The van der Waals surface area contributed by atoms with Crippen LogP contribution in [-0.4, -0.2) is 32.7 Å². The first-order valence-corrected chi connectivity index (χ1v) is 9.02. The molecule has 1 N–H and O–H groups in total. The van der Waals surface area contributed by atoms with Gasteiger partial charge in [0.25, 0.3) is 0 Å². The zero-order valence-electron chi connectivity index (χ0n) is 15.3. The number of ether oxygens (including phenoxy) is 1. The number of carboxylic acids is 1. The largest absolute Gasteiger partial charge is 0.481 e. The van der Waals surface area contributed by atoms with Crippen molar-refractivity contribution < 1.29 is 19.0 Å². The van der Waals surface area contributed by atoms with Crippen LogP contribution in [0.25, 0.3) is 22.2 Å². The molecule has 0 saturated carbocycles. The number of carbonyl (C=O) groups is 1. The van der Waals surface area contributed by atoms with Gasteiger partial charge in [-0.15, -0.1) is 0 Å². The van der Waals surface area contributed by atoms with Gasteiger partial charge in [-0.1, -0.05) is 23.7 Å². The van der Waals surface area contributed by atoms with E-state index >= 15 is 0 Å². The predicted molar refractivity (Wildman–Crippen MR) is 107 cm³/mol. The maximum Gasteiger partial charge on any atom is 0.354 e. The quantitative estimate of drug-likeness (QED) is 0.517. The van der Waals surface area contributed by atoms with Crippen molar-refractivity contribution in [2.75, 3.05) is 7.11 Å². The Labute approximate surface area is 170 Å². The van der Waals surface area contributed by atoms with Crippen LogP contribution in [0.3, 0.4) is 0 Å². The summed E-state index contributed by atoms with van der Waals surface area (Å²) >= 11 is 5.81. The van der Waals surface area contributed by atoms with E-state index in [4.69, 9.17) is 16.3 Å². The Kier molecular flexibility index (Phi) is 4.90. The van der Waals surface area contributed by atoms with Gasteiger partial charge < -0.3 is 14.4 Å². The lowest BCUT2D eigenvalue weighted by molar-refractivity contribution is 0.0691. The molecule has 0 fully saturated rings. The molecule has 3 heterocycles. The summed E-state index contributed by atoms with van der Waals surface area (Å²) in [6, 6.07) is 13.0. The number of hydrogen-bond donors (Lipinski definition) is 1. The Morgan fingerprint density at radius 1 is 1.21 bits per heavy atom. The highest BCUT2D eigenvalue weighted by atomic mass is 35.5. The third-order valence-corrected chi connectivity index (χ3v) is 4.80. The number of carboxylic acid groups (broad SMARTS) is 1. The van der Waals surface area contributed by atoms with E-state index in [1.54, 1.807) is 29.0 Å². The van der Waals surface area contributed by atoms with Gasteiger partial charge in [0.1, 0.15) is 11.5 Å². The number of fused-ring (bicyclic) bond motifs is 1. The van der Waals surface area contributed by atoms with Crippen molar-refractivity contribution in [3.05, 3.63) is 77.0 Å². The first-order valence-electron chi connectivity index (χ1n) is 8.65. The Balaban J connectivity index is 1.88. The van der Waals surface area contributed by atoms with Gasteiger partial charge in [-0.05, 0) is 35.9 Å². The number of rotatable bonds is 5. The molecule has 0 radical (unpaired) electrons. The highest BCUT2D eigenvalue weighted by Crippen LogP contribution is 2.32. The predicted octanol–water partition coefficient (Wildman–Crippen LogP) is 4.65. The lowest BCUT2D eigenvalue weighted by Crippen LogP contribution is -2.05. The molecule has 0 spiro atoms. The normalized spacial score (nSPS) is 11.0. The first kappa shape index (κ1) is 18.9. The Morgan fingerprint density at radius 2 is 2.03 bits per heavy atom. The zero-order chi connectivity index (χ0) is 20.5. The number of benzene rings is 1. The minimum absolute atomic E-state index is 0.0318. The first-order chi connectivity index (χ1) is 14.0. The second kappa shape index (κ2) is 7.52. The van der Waals surface area contributed by atoms with Gasteiger partial charge in [-0.3, -0.25) is 0 Å². The highest BCUT2D eigenvalue weighted by Gasteiger charge is 2.16. The summed E-state index contributed by atoms with van der Waals surface area (Å²) in [5, 5.41) is 10.0. The number of halogens is 2. The van der Waals surface area contributed by atoms with Crippen molar-refractivity contribution in [1.82, 2.24) is 14.5 Å². The fraction of sp³-hybridized carbons (Fsp3) is 0.0952. The van der Waals surface area contributed by atoms with Crippen LogP contribution >= 0.6 is 11.6 Å². The van der Waals surface area contributed by atoms with E-state index in [1.165, 1.54) is 25.3 Å². The van der Waals surface area contributed by atoms with Gasteiger partial charge in [0, 0.05) is 23.2 Å². The van der Waals surface area contributed by atoms with E-state index in [9.17, 15) is 14.3 Å². The number of hydrogen-bond acceptors (Lipinski definition) is 4. The van der Waals surface area contributed by atoms with Gasteiger partial charge >= 0.3 is 5.97 Å². The molecule has 0 unspecified atom stereocenters. The van der Waals surface area contributed by atoms with Gasteiger partial charge in [0.05, 0.1) is 24.4 Å². The maximum atomic E-state index is 14.0. The van der Waals surface area contributed by atoms with Crippen LogP contribution in [0.5, 0.6) is 5.88 Å². The van der Waals surface area contributed by atoms with Crippen molar-refractivity contribution in [1.29, 1.82) is 0 Å². The molecular formula is C21H15ClFN3O3. The smallest absolute Gasteiger partial charge is 0.354 e. The minimum Gasteiger partial charge on any atom is -0.481 e. The van der Waals surface area contributed by atoms with Gasteiger partial charge in [0.15, 0.2) is 5.69 Å². The summed E-state index contributed by atoms with van der Waals surface area (Å²) in [6.45, 7) is 0.333. The molecule has 0 aliphatic heterocycles. The third kappa shape index (κ3) is 3.64. The van der Waals surface area contributed by atoms with Gasteiger partial charge in [0.2, 0.25) is 5.88 Å².